The van der Waals surface area contributed by atoms with Gasteiger partial charge >= 0.3 is 0 Å². The minimum atomic E-state index is -0.394. The number of aryl methyl sites for hydroxylation is 1. The van der Waals surface area contributed by atoms with Crippen molar-refractivity contribution < 1.29 is 9.34 Å². The van der Waals surface area contributed by atoms with Crippen LogP contribution in [0.2, 0.25) is 0 Å². The number of non-ortho nitro benzene ring substituents is 1. The van der Waals surface area contributed by atoms with Gasteiger partial charge in [-0.15, -0.1) is 0 Å². The zero-order valence-corrected chi connectivity index (χ0v) is 11.0. The molecule has 100 valence electrons. The van der Waals surface area contributed by atoms with E-state index in [1.165, 1.54) is 25.0 Å². The molecule has 0 fully saturated rings. The molecule has 19 heavy (non-hydrogen) atoms. The van der Waals surface area contributed by atoms with Crippen molar-refractivity contribution in [2.45, 2.75) is 32.6 Å². The first kappa shape index (κ1) is 13.3. The molecule has 0 aliphatic heterocycles. The van der Waals surface area contributed by atoms with Gasteiger partial charge in [-0.1, -0.05) is 19.8 Å². The van der Waals surface area contributed by atoms with Crippen LogP contribution in [0.4, 0.5) is 5.69 Å². The summed E-state index contributed by atoms with van der Waals surface area (Å²) < 4.78 is 5.51. The second-order valence-electron chi connectivity index (χ2n) is 4.56. The van der Waals surface area contributed by atoms with Crippen LogP contribution in [0.1, 0.15) is 31.9 Å². The molecule has 0 atom stereocenters. The van der Waals surface area contributed by atoms with Gasteiger partial charge in [0, 0.05) is 24.1 Å². The predicted octanol–water partition coefficient (Wildman–Crippen LogP) is 4.59. The maximum atomic E-state index is 10.6. The fourth-order valence-corrected chi connectivity index (χ4v) is 1.99. The third-order valence-corrected chi connectivity index (χ3v) is 3.09. The lowest BCUT2D eigenvalue weighted by atomic mass is 10.1. The van der Waals surface area contributed by atoms with Gasteiger partial charge in [-0.25, -0.2) is 0 Å². The van der Waals surface area contributed by atoms with E-state index in [0.717, 1.165) is 29.7 Å². The molecule has 0 aliphatic rings. The SMILES string of the molecule is CCCCCc1cc(-c2ccc([N+](=O)[O-])cc2)co1. The molecule has 0 amide bonds. The summed E-state index contributed by atoms with van der Waals surface area (Å²) >= 11 is 0. The maximum Gasteiger partial charge on any atom is 0.269 e. The standard InChI is InChI=1S/C15H17NO3/c1-2-3-4-5-15-10-13(11-19-15)12-6-8-14(9-7-12)16(17)18/h6-11H,2-5H2,1H3. The van der Waals surface area contributed by atoms with E-state index in [9.17, 15) is 10.1 Å². The Balaban J connectivity index is 2.07. The Kier molecular flexibility index (Phi) is 4.34. The van der Waals surface area contributed by atoms with Gasteiger partial charge < -0.3 is 4.42 Å². The van der Waals surface area contributed by atoms with Crippen molar-refractivity contribution in [1.29, 1.82) is 0 Å². The number of rotatable bonds is 6. The zero-order valence-electron chi connectivity index (χ0n) is 11.0. The van der Waals surface area contributed by atoms with E-state index in [1.54, 1.807) is 18.4 Å². The molecule has 0 bridgehead atoms. The van der Waals surface area contributed by atoms with Crippen LogP contribution in [0.5, 0.6) is 0 Å². The van der Waals surface area contributed by atoms with E-state index in [-0.39, 0.29) is 5.69 Å². The highest BCUT2D eigenvalue weighted by Crippen LogP contribution is 2.25. The Labute approximate surface area is 112 Å². The molecule has 0 unspecified atom stereocenters. The minimum absolute atomic E-state index is 0.107. The van der Waals surface area contributed by atoms with Crippen molar-refractivity contribution in [1.82, 2.24) is 0 Å². The van der Waals surface area contributed by atoms with Gasteiger partial charge in [0.25, 0.3) is 5.69 Å². The van der Waals surface area contributed by atoms with Crippen LogP contribution < -0.4 is 0 Å². The Morgan fingerprint density at radius 1 is 1.16 bits per heavy atom. The van der Waals surface area contributed by atoms with Crippen LogP contribution in [-0.2, 0) is 6.42 Å². The molecule has 2 rings (SSSR count). The van der Waals surface area contributed by atoms with Gasteiger partial charge in [-0.2, -0.15) is 0 Å². The average Bonchev–Trinajstić information content (AvgIpc) is 2.88. The second kappa shape index (κ2) is 6.18. The van der Waals surface area contributed by atoms with E-state index < -0.39 is 4.92 Å². The summed E-state index contributed by atoms with van der Waals surface area (Å²) in [7, 11) is 0. The molecule has 0 spiro atoms. The highest BCUT2D eigenvalue weighted by atomic mass is 16.6. The van der Waals surface area contributed by atoms with E-state index >= 15 is 0 Å². The molecule has 0 aliphatic carbocycles. The molecule has 1 aromatic carbocycles. The largest absolute Gasteiger partial charge is 0.469 e. The first-order valence-corrected chi connectivity index (χ1v) is 6.53. The molecule has 0 radical (unpaired) electrons. The number of benzene rings is 1. The monoisotopic (exact) mass is 259 g/mol. The highest BCUT2D eigenvalue weighted by Gasteiger charge is 2.07. The van der Waals surface area contributed by atoms with Crippen LogP contribution in [0.25, 0.3) is 11.1 Å². The number of nitrogens with zero attached hydrogens (tertiary/aromatic N) is 1. The molecule has 1 heterocycles. The van der Waals surface area contributed by atoms with Crippen LogP contribution in [0.3, 0.4) is 0 Å². The summed E-state index contributed by atoms with van der Waals surface area (Å²) in [6.45, 7) is 2.17. The van der Waals surface area contributed by atoms with Gasteiger partial charge in [0.15, 0.2) is 0 Å². The zero-order chi connectivity index (χ0) is 13.7. The third kappa shape index (κ3) is 3.44. The molecular weight excluding hydrogens is 242 g/mol. The maximum absolute atomic E-state index is 10.6. The van der Waals surface area contributed by atoms with Crippen LogP contribution in [0.15, 0.2) is 41.0 Å². The summed E-state index contributed by atoms with van der Waals surface area (Å²) in [5, 5.41) is 10.6. The van der Waals surface area contributed by atoms with Gasteiger partial charge in [-0.3, -0.25) is 10.1 Å². The minimum Gasteiger partial charge on any atom is -0.469 e. The molecule has 0 saturated carbocycles. The highest BCUT2D eigenvalue weighted by molar-refractivity contribution is 5.64. The Morgan fingerprint density at radius 2 is 1.89 bits per heavy atom. The fourth-order valence-electron chi connectivity index (χ4n) is 1.99. The molecule has 4 nitrogen and oxygen atoms in total. The summed E-state index contributed by atoms with van der Waals surface area (Å²) in [6, 6.07) is 8.53. The molecule has 1 aromatic heterocycles. The first-order valence-electron chi connectivity index (χ1n) is 6.53. The van der Waals surface area contributed by atoms with Crippen LogP contribution in [-0.4, -0.2) is 4.92 Å². The van der Waals surface area contributed by atoms with Crippen molar-refractivity contribution in [2.24, 2.45) is 0 Å². The van der Waals surface area contributed by atoms with E-state index in [1.807, 2.05) is 6.07 Å². The number of hydrogen-bond donors (Lipinski definition) is 0. The average molecular weight is 259 g/mol. The summed E-state index contributed by atoms with van der Waals surface area (Å²) in [6.07, 6.45) is 6.18. The predicted molar refractivity (Wildman–Crippen MR) is 74.0 cm³/mol. The number of unbranched alkanes of at least 4 members (excludes halogenated alkanes) is 2. The van der Waals surface area contributed by atoms with E-state index in [2.05, 4.69) is 6.92 Å². The topological polar surface area (TPSA) is 56.3 Å². The quantitative estimate of drug-likeness (QED) is 0.433. The van der Waals surface area contributed by atoms with Crippen molar-refractivity contribution in [3.63, 3.8) is 0 Å². The number of nitro benzene ring substituents is 1. The molecule has 2 aromatic rings. The van der Waals surface area contributed by atoms with Crippen LogP contribution >= 0.6 is 0 Å². The lowest BCUT2D eigenvalue weighted by Crippen LogP contribution is -1.86. The lowest BCUT2D eigenvalue weighted by Gasteiger charge is -1.96. The molecule has 4 heteroatoms. The third-order valence-electron chi connectivity index (χ3n) is 3.09. The van der Waals surface area contributed by atoms with Gasteiger partial charge in [0.05, 0.1) is 11.2 Å². The number of furan rings is 1. The van der Waals surface area contributed by atoms with E-state index in [0.29, 0.717) is 0 Å². The lowest BCUT2D eigenvalue weighted by molar-refractivity contribution is -0.384. The molecular formula is C15H17NO3. The number of hydrogen-bond acceptors (Lipinski definition) is 3. The Hall–Kier alpha value is -2.10. The first-order chi connectivity index (χ1) is 9.20. The fraction of sp³-hybridized carbons (Fsp3) is 0.333. The number of nitro groups is 1. The van der Waals surface area contributed by atoms with E-state index in [4.69, 9.17) is 4.42 Å². The smallest absolute Gasteiger partial charge is 0.269 e. The second-order valence-corrected chi connectivity index (χ2v) is 4.56. The Morgan fingerprint density at radius 3 is 2.53 bits per heavy atom. The Bertz CT molecular complexity index is 543. The van der Waals surface area contributed by atoms with Crippen LogP contribution in [0, 0.1) is 10.1 Å². The van der Waals surface area contributed by atoms with Gasteiger partial charge in [0.1, 0.15) is 5.76 Å². The normalized spacial score (nSPS) is 10.6. The summed E-state index contributed by atoms with van der Waals surface area (Å²) in [5.74, 6) is 0.974. The molecule has 0 N–H and O–H groups in total. The van der Waals surface area contributed by atoms with Crippen molar-refractivity contribution in [2.75, 3.05) is 0 Å². The van der Waals surface area contributed by atoms with Gasteiger partial charge in [0.2, 0.25) is 0 Å². The van der Waals surface area contributed by atoms with Gasteiger partial charge in [-0.05, 0) is 30.2 Å². The molecule has 0 saturated heterocycles. The summed E-state index contributed by atoms with van der Waals surface area (Å²) in [5.41, 5.74) is 2.02. The van der Waals surface area contributed by atoms with Crippen molar-refractivity contribution in [3.8, 4) is 11.1 Å². The van der Waals surface area contributed by atoms with Crippen molar-refractivity contribution >= 4 is 5.69 Å². The van der Waals surface area contributed by atoms with Crippen molar-refractivity contribution in [3.05, 3.63) is 52.5 Å². The summed E-state index contributed by atoms with van der Waals surface area (Å²) in [4.78, 5) is 10.2.